The number of nitrogens with zero attached hydrogens (tertiary/aromatic N) is 2. The summed E-state index contributed by atoms with van der Waals surface area (Å²) in [5.41, 5.74) is 4.50. The van der Waals surface area contributed by atoms with Gasteiger partial charge in [-0.25, -0.2) is 0 Å². The van der Waals surface area contributed by atoms with E-state index in [1.165, 1.54) is 62.0 Å². The Morgan fingerprint density at radius 3 is 2.50 bits per heavy atom. The molecule has 2 aliphatic rings. The first-order chi connectivity index (χ1) is 6.95. The molecule has 0 N–H and O–H groups in total. The molecule has 0 fully saturated rings. The molecule has 1 aromatic rings. The number of anilines is 1. The van der Waals surface area contributed by atoms with Crippen LogP contribution in [0.3, 0.4) is 0 Å². The van der Waals surface area contributed by atoms with Crippen molar-refractivity contribution >= 4 is 5.69 Å². The van der Waals surface area contributed by atoms with Gasteiger partial charge in [0.25, 0.3) is 0 Å². The molecule has 14 heavy (non-hydrogen) atoms. The highest BCUT2D eigenvalue weighted by Crippen LogP contribution is 2.33. The molecular weight excluding hydrogens is 172 g/mol. The van der Waals surface area contributed by atoms with Gasteiger partial charge in [0, 0.05) is 31.2 Å². The van der Waals surface area contributed by atoms with Crippen LogP contribution in [0.1, 0.15) is 30.4 Å². The SMILES string of the molecule is c1ncc2c3c1CCCCN3CCC2. The Kier molecular flexibility index (Phi) is 1.93. The van der Waals surface area contributed by atoms with E-state index in [-0.39, 0.29) is 0 Å². The zero-order valence-electron chi connectivity index (χ0n) is 8.50. The molecule has 0 saturated heterocycles. The average Bonchev–Trinajstić information content (AvgIpc) is 2.44. The first-order valence-corrected chi connectivity index (χ1v) is 5.66. The number of pyridine rings is 1. The lowest BCUT2D eigenvalue weighted by Gasteiger charge is -2.31. The molecule has 0 aliphatic carbocycles. The number of aryl methyl sites for hydroxylation is 2. The van der Waals surface area contributed by atoms with Crippen molar-refractivity contribution in [1.82, 2.24) is 4.98 Å². The predicted molar refractivity (Wildman–Crippen MR) is 57.7 cm³/mol. The van der Waals surface area contributed by atoms with Crippen LogP contribution in [-0.4, -0.2) is 18.1 Å². The van der Waals surface area contributed by atoms with Crippen LogP contribution in [0.5, 0.6) is 0 Å². The summed E-state index contributed by atoms with van der Waals surface area (Å²) in [7, 11) is 0. The van der Waals surface area contributed by atoms with E-state index in [0.29, 0.717) is 0 Å². The molecule has 2 nitrogen and oxygen atoms in total. The van der Waals surface area contributed by atoms with Crippen molar-refractivity contribution in [1.29, 1.82) is 0 Å². The van der Waals surface area contributed by atoms with Gasteiger partial charge < -0.3 is 4.90 Å². The van der Waals surface area contributed by atoms with Gasteiger partial charge in [-0.05, 0) is 43.2 Å². The lowest BCUT2D eigenvalue weighted by Crippen LogP contribution is -2.30. The first kappa shape index (κ1) is 8.27. The first-order valence-electron chi connectivity index (χ1n) is 5.66. The van der Waals surface area contributed by atoms with E-state index >= 15 is 0 Å². The van der Waals surface area contributed by atoms with Gasteiger partial charge >= 0.3 is 0 Å². The van der Waals surface area contributed by atoms with E-state index in [2.05, 4.69) is 22.3 Å². The minimum Gasteiger partial charge on any atom is -0.371 e. The van der Waals surface area contributed by atoms with Crippen LogP contribution in [-0.2, 0) is 12.8 Å². The second kappa shape index (κ2) is 3.26. The van der Waals surface area contributed by atoms with E-state index in [9.17, 15) is 0 Å². The van der Waals surface area contributed by atoms with Crippen molar-refractivity contribution in [3.05, 3.63) is 23.5 Å². The van der Waals surface area contributed by atoms with Gasteiger partial charge in [0.15, 0.2) is 0 Å². The molecule has 0 radical (unpaired) electrons. The maximum atomic E-state index is 4.35. The molecule has 0 amide bonds. The third-order valence-electron chi connectivity index (χ3n) is 3.38. The summed E-state index contributed by atoms with van der Waals surface area (Å²) in [6.45, 7) is 2.51. The molecule has 3 rings (SSSR count). The van der Waals surface area contributed by atoms with Gasteiger partial charge in [-0.2, -0.15) is 0 Å². The molecule has 2 aliphatic heterocycles. The minimum absolute atomic E-state index is 1.23. The molecule has 0 spiro atoms. The van der Waals surface area contributed by atoms with E-state index in [1.54, 1.807) is 0 Å². The standard InChI is InChI=1S/C12H16N2/c1-2-6-14-7-3-5-11-9-13-8-10(4-1)12(11)14/h8-9H,1-7H2. The average molecular weight is 188 g/mol. The highest BCUT2D eigenvalue weighted by atomic mass is 15.1. The summed E-state index contributed by atoms with van der Waals surface area (Å²) in [5, 5.41) is 0. The number of hydrogen-bond donors (Lipinski definition) is 0. The number of rotatable bonds is 0. The summed E-state index contributed by atoms with van der Waals surface area (Å²) in [6, 6.07) is 0. The predicted octanol–water partition coefficient (Wildman–Crippen LogP) is 2.17. The second-order valence-electron chi connectivity index (χ2n) is 4.35. The molecule has 1 aromatic heterocycles. The van der Waals surface area contributed by atoms with E-state index in [4.69, 9.17) is 0 Å². The summed E-state index contributed by atoms with van der Waals surface area (Å²) in [5.74, 6) is 0. The monoisotopic (exact) mass is 188 g/mol. The molecular formula is C12H16N2. The Morgan fingerprint density at radius 1 is 0.929 bits per heavy atom. The summed E-state index contributed by atoms with van der Waals surface area (Å²) in [4.78, 5) is 6.92. The van der Waals surface area contributed by atoms with Crippen LogP contribution < -0.4 is 4.90 Å². The van der Waals surface area contributed by atoms with Crippen LogP contribution in [0.4, 0.5) is 5.69 Å². The molecule has 0 atom stereocenters. The van der Waals surface area contributed by atoms with Crippen molar-refractivity contribution in [3.63, 3.8) is 0 Å². The van der Waals surface area contributed by atoms with Crippen molar-refractivity contribution < 1.29 is 0 Å². The third-order valence-corrected chi connectivity index (χ3v) is 3.38. The normalized spacial score (nSPS) is 20.1. The fourth-order valence-electron chi connectivity index (χ4n) is 2.73. The Morgan fingerprint density at radius 2 is 1.64 bits per heavy atom. The fourth-order valence-corrected chi connectivity index (χ4v) is 2.73. The summed E-state index contributed by atoms with van der Waals surface area (Å²) < 4.78 is 0. The number of hydrogen-bond acceptors (Lipinski definition) is 2. The quantitative estimate of drug-likeness (QED) is 0.620. The van der Waals surface area contributed by atoms with Crippen molar-refractivity contribution in [2.45, 2.75) is 32.1 Å². The second-order valence-corrected chi connectivity index (χ2v) is 4.35. The van der Waals surface area contributed by atoms with Crippen molar-refractivity contribution in [2.75, 3.05) is 18.0 Å². The minimum atomic E-state index is 1.23. The topological polar surface area (TPSA) is 16.1 Å². The molecule has 74 valence electrons. The van der Waals surface area contributed by atoms with Gasteiger partial charge in [0.05, 0.1) is 0 Å². The van der Waals surface area contributed by atoms with Crippen molar-refractivity contribution in [3.8, 4) is 0 Å². The highest BCUT2D eigenvalue weighted by molar-refractivity contribution is 5.60. The fraction of sp³-hybridized carbons (Fsp3) is 0.583. The van der Waals surface area contributed by atoms with E-state index in [1.807, 2.05) is 0 Å². The van der Waals surface area contributed by atoms with Crippen LogP contribution >= 0.6 is 0 Å². The molecule has 3 heterocycles. The zero-order valence-corrected chi connectivity index (χ0v) is 8.50. The summed E-state index contributed by atoms with van der Waals surface area (Å²) in [6.07, 6.45) is 10.6. The Labute approximate surface area is 85.0 Å². The maximum absolute atomic E-state index is 4.35. The van der Waals surface area contributed by atoms with Gasteiger partial charge in [0.2, 0.25) is 0 Å². The van der Waals surface area contributed by atoms with E-state index < -0.39 is 0 Å². The van der Waals surface area contributed by atoms with E-state index in [0.717, 1.165) is 0 Å². The Balaban J connectivity index is 2.14. The van der Waals surface area contributed by atoms with Crippen LogP contribution in [0.15, 0.2) is 12.4 Å². The van der Waals surface area contributed by atoms with Gasteiger partial charge in [0.1, 0.15) is 0 Å². The van der Waals surface area contributed by atoms with Gasteiger partial charge in [-0.1, -0.05) is 0 Å². The Bertz CT molecular complexity index is 346. The van der Waals surface area contributed by atoms with Gasteiger partial charge in [-0.15, -0.1) is 0 Å². The molecule has 0 saturated carbocycles. The third kappa shape index (κ3) is 1.21. The molecule has 0 unspecified atom stereocenters. The van der Waals surface area contributed by atoms with Crippen LogP contribution in [0, 0.1) is 0 Å². The number of aromatic nitrogens is 1. The molecule has 0 bridgehead atoms. The van der Waals surface area contributed by atoms with Crippen LogP contribution in [0.25, 0.3) is 0 Å². The van der Waals surface area contributed by atoms with Gasteiger partial charge in [-0.3, -0.25) is 4.98 Å². The summed E-state index contributed by atoms with van der Waals surface area (Å²) >= 11 is 0. The highest BCUT2D eigenvalue weighted by Gasteiger charge is 2.21. The maximum Gasteiger partial charge on any atom is 0.0462 e. The lowest BCUT2D eigenvalue weighted by atomic mass is 10.00. The zero-order chi connectivity index (χ0) is 9.38. The Hall–Kier alpha value is -1.05. The molecule has 2 heteroatoms. The lowest BCUT2D eigenvalue weighted by molar-refractivity contribution is 0.666. The van der Waals surface area contributed by atoms with Crippen LogP contribution in [0.2, 0.25) is 0 Å². The largest absolute Gasteiger partial charge is 0.371 e. The smallest absolute Gasteiger partial charge is 0.0462 e. The molecule has 0 aromatic carbocycles. The van der Waals surface area contributed by atoms with Crippen molar-refractivity contribution in [2.24, 2.45) is 0 Å².